The summed E-state index contributed by atoms with van der Waals surface area (Å²) >= 11 is 0. The highest BCUT2D eigenvalue weighted by atomic mass is 28.3. The maximum atomic E-state index is 15.0. The van der Waals surface area contributed by atoms with E-state index in [9.17, 15) is 33.6 Å². The fraction of sp³-hybridized carbons (Fsp3) is 0.438. The lowest BCUT2D eigenvalue weighted by Gasteiger charge is -2.27. The molecule has 1 saturated carbocycles. The Hall–Kier alpha value is -8.78. The topological polar surface area (TPSA) is 233 Å². The number of nitrogens with one attached hydrogen (secondary N) is 3. The molecule has 0 aromatic heterocycles. The van der Waals surface area contributed by atoms with Gasteiger partial charge in [-0.15, -0.1) is 0 Å². The third kappa shape index (κ3) is 15.2. The first kappa shape index (κ1) is 68.6. The van der Waals surface area contributed by atoms with E-state index >= 15 is 0 Å². The van der Waals surface area contributed by atoms with Crippen LogP contribution >= 0.6 is 0 Å². The number of anilines is 3. The van der Waals surface area contributed by atoms with Crippen LogP contribution in [-0.2, 0) is 33.4 Å². The van der Waals surface area contributed by atoms with E-state index in [1.807, 2.05) is 42.6 Å². The van der Waals surface area contributed by atoms with Crippen LogP contribution in [0.2, 0.25) is 51.4 Å². The monoisotopic (exact) mass is 1340 g/mol. The second-order valence-electron chi connectivity index (χ2n) is 28.3. The van der Waals surface area contributed by atoms with Gasteiger partial charge in [-0.05, 0) is 107 Å². The van der Waals surface area contributed by atoms with Gasteiger partial charge in [0.25, 0.3) is 23.6 Å². The molecule has 0 saturated heterocycles. The number of nitrogens with zero attached hydrogens (tertiary/aromatic N) is 4. The van der Waals surface area contributed by atoms with Crippen molar-refractivity contribution < 1.29 is 66.7 Å². The molecule has 11 rings (SSSR count). The van der Waals surface area contributed by atoms with Gasteiger partial charge >= 0.3 is 6.09 Å². The highest BCUT2D eigenvalue weighted by Gasteiger charge is 2.47. The fourth-order valence-electron chi connectivity index (χ4n) is 12.7. The third-order valence-electron chi connectivity index (χ3n) is 18.5. The Bertz CT molecular complexity index is 3830. The highest BCUT2D eigenvalue weighted by molar-refractivity contribution is 6.76. The van der Waals surface area contributed by atoms with Gasteiger partial charge < -0.3 is 58.9 Å². The molecule has 4 aliphatic heterocycles. The normalized spacial score (nSPS) is 18.0. The van der Waals surface area contributed by atoms with Gasteiger partial charge in [-0.3, -0.25) is 38.6 Å². The van der Waals surface area contributed by atoms with Crippen LogP contribution < -0.4 is 44.7 Å². The Labute approximate surface area is 563 Å². The van der Waals surface area contributed by atoms with Crippen LogP contribution in [-0.4, -0.2) is 152 Å². The number of carbonyl (C=O) groups excluding carboxylic acids is 7. The van der Waals surface area contributed by atoms with Gasteiger partial charge in [0.15, 0.2) is 23.0 Å². The first-order chi connectivity index (χ1) is 45.9. The van der Waals surface area contributed by atoms with Gasteiger partial charge in [0, 0.05) is 84.8 Å². The van der Waals surface area contributed by atoms with Crippen molar-refractivity contribution in [2.24, 2.45) is 11.8 Å². The minimum Gasteiger partial charge on any atom is -0.493 e. The first-order valence-electron chi connectivity index (χ1n) is 33.3. The zero-order valence-electron chi connectivity index (χ0n) is 56.8. The summed E-state index contributed by atoms with van der Waals surface area (Å²) in [7, 11) is 0.00681. The number of alkyl carbamates (subject to hydrolysis) is 1. The van der Waals surface area contributed by atoms with Crippen LogP contribution in [0.25, 0.3) is 16.7 Å². The van der Waals surface area contributed by atoms with Crippen molar-refractivity contribution in [2.75, 3.05) is 75.8 Å². The molecular formula is C73H89N7O14Si2. The van der Waals surface area contributed by atoms with Crippen molar-refractivity contribution in [3.05, 3.63) is 143 Å². The number of methoxy groups -OCH3 is 2. The maximum Gasteiger partial charge on any atom is 0.407 e. The molecule has 4 atom stereocenters. The van der Waals surface area contributed by atoms with E-state index < -0.39 is 64.1 Å². The molecule has 23 heteroatoms. The molecule has 4 heterocycles. The molecule has 7 amide bonds. The summed E-state index contributed by atoms with van der Waals surface area (Å²) in [6.45, 7) is 19.8. The Balaban J connectivity index is 0.733. The van der Waals surface area contributed by atoms with Gasteiger partial charge in [0.05, 0.1) is 49.9 Å². The lowest BCUT2D eigenvalue weighted by Crippen LogP contribution is -2.53. The van der Waals surface area contributed by atoms with Crippen molar-refractivity contribution in [3.8, 4) is 34.1 Å². The van der Waals surface area contributed by atoms with Crippen molar-refractivity contribution in [2.45, 2.75) is 134 Å². The number of ether oxygens (including phenoxy) is 7. The lowest BCUT2D eigenvalue weighted by molar-refractivity contribution is -0.128. The molecule has 0 spiro atoms. The van der Waals surface area contributed by atoms with Crippen molar-refractivity contribution in [1.82, 2.24) is 20.4 Å². The molecule has 1 fully saturated rings. The molecule has 0 unspecified atom stereocenters. The Kier molecular flexibility index (Phi) is 20.6. The number of rotatable bonds is 28. The lowest BCUT2D eigenvalue weighted by atomic mass is 9.98. The number of benzene rings is 5. The molecule has 0 radical (unpaired) electrons. The Morgan fingerprint density at radius 1 is 0.583 bits per heavy atom. The van der Waals surface area contributed by atoms with Crippen LogP contribution in [0.3, 0.4) is 0 Å². The molecule has 21 nitrogen and oxygen atoms in total. The molecule has 508 valence electrons. The second-order valence-corrected chi connectivity index (χ2v) is 39.5. The van der Waals surface area contributed by atoms with E-state index in [0.717, 1.165) is 58.3 Å². The zero-order chi connectivity index (χ0) is 68.3. The van der Waals surface area contributed by atoms with Gasteiger partial charge in [-0.25, -0.2) is 4.79 Å². The summed E-state index contributed by atoms with van der Waals surface area (Å²) in [5.41, 5.74) is 8.54. The summed E-state index contributed by atoms with van der Waals surface area (Å²) in [4.78, 5) is 105. The molecule has 0 bridgehead atoms. The van der Waals surface area contributed by atoms with Gasteiger partial charge in [0.2, 0.25) is 11.8 Å². The van der Waals surface area contributed by atoms with Crippen LogP contribution in [0, 0.1) is 11.8 Å². The summed E-state index contributed by atoms with van der Waals surface area (Å²) < 4.78 is 42.6. The Morgan fingerprint density at radius 3 is 1.59 bits per heavy atom. The van der Waals surface area contributed by atoms with Gasteiger partial charge in [-0.2, -0.15) is 0 Å². The number of hydrogen-bond acceptors (Lipinski definition) is 14. The highest BCUT2D eigenvalue weighted by Crippen LogP contribution is 2.48. The van der Waals surface area contributed by atoms with Crippen LogP contribution in [0.1, 0.15) is 96.2 Å². The minimum atomic E-state index is -1.53. The van der Waals surface area contributed by atoms with Crippen LogP contribution in [0.15, 0.2) is 115 Å². The van der Waals surface area contributed by atoms with Crippen LogP contribution in [0.4, 0.5) is 21.9 Å². The minimum absolute atomic E-state index is 0.0207. The predicted molar refractivity (Wildman–Crippen MR) is 372 cm³/mol. The second kappa shape index (κ2) is 28.9. The SMILES string of the molecule is COc1cc2c(cc1OCCCOc1cc3c(cc1OC)C(=O)N1C=C(C4CC4)C[C@H]1C(=O)N3COCC[Si](C)(C)C)N(COCC[Si](C)(C)C)C(=O)[C@@H]1CC(c3ccc(NC(=O)[C@H](C)NC(=O)[C@@H](NC(=O)OCC4c5ccccc5-c5ccccc54)C(C)C)cc3)=CN1C2=O. The van der Waals surface area contributed by atoms with E-state index in [2.05, 4.69) is 67.4 Å². The summed E-state index contributed by atoms with van der Waals surface area (Å²) in [6, 6.07) is 27.8. The average molecular weight is 1340 g/mol. The molecule has 96 heavy (non-hydrogen) atoms. The quantitative estimate of drug-likeness (QED) is 0.0312. The third-order valence-corrected chi connectivity index (χ3v) is 21.9. The number of hydrogen-bond donors (Lipinski definition) is 3. The van der Waals surface area contributed by atoms with Crippen LogP contribution in [0.5, 0.6) is 23.0 Å². The molecular weight excluding hydrogens is 1260 g/mol. The van der Waals surface area contributed by atoms with E-state index in [-0.39, 0.29) is 86.3 Å². The number of carbonyl (C=O) groups is 7. The largest absolute Gasteiger partial charge is 0.493 e. The van der Waals surface area contributed by atoms with Gasteiger partial charge in [-0.1, -0.05) is 114 Å². The Morgan fingerprint density at radius 2 is 1.09 bits per heavy atom. The fourth-order valence-corrected chi connectivity index (χ4v) is 14.3. The van der Waals surface area contributed by atoms with Crippen molar-refractivity contribution in [1.29, 1.82) is 0 Å². The number of fused-ring (bicyclic) bond motifs is 7. The van der Waals surface area contributed by atoms with E-state index in [1.54, 1.807) is 85.3 Å². The zero-order valence-corrected chi connectivity index (χ0v) is 58.8. The molecule has 3 N–H and O–H groups in total. The predicted octanol–water partition coefficient (Wildman–Crippen LogP) is 11.6. The maximum absolute atomic E-state index is 15.0. The van der Waals surface area contributed by atoms with E-state index in [4.69, 9.17) is 33.2 Å². The molecule has 6 aliphatic rings. The molecule has 5 aromatic rings. The molecule has 2 aliphatic carbocycles. The summed E-state index contributed by atoms with van der Waals surface area (Å²) in [6.07, 6.45) is 5.96. The number of amides is 7. The van der Waals surface area contributed by atoms with Crippen molar-refractivity contribution >= 4 is 80.3 Å². The van der Waals surface area contributed by atoms with Crippen molar-refractivity contribution in [3.63, 3.8) is 0 Å². The summed E-state index contributed by atoms with van der Waals surface area (Å²) in [5, 5.41) is 8.32. The average Bonchev–Trinajstić information content (AvgIpc) is 1.58. The smallest absolute Gasteiger partial charge is 0.407 e. The summed E-state index contributed by atoms with van der Waals surface area (Å²) in [5.74, 6) is -1.19. The first-order valence-corrected chi connectivity index (χ1v) is 40.7. The standard InChI is InChI=1S/C73H89N7O14Si2/c1-44(2)66(76-73(87)94-41-57-53-19-14-12-17-51(53)52-18-13-15-20-54(52)57)68(82)74-45(3)67(81)75-50-25-23-47(24-26-50)49-34-61-72(86)80(43-91-30-32-96(9,10)11)59-38-65(63(89-5)36-56(59)70(84)78(61)40-49)93-28-16-27-92-64-37-58-55(35-62(64)88-4)69(83)77-39-48(46-21-22-46)33-60(77)71(85)79(58)42-90-29-31-95(6,7)8/h12-15,17-20,23-26,35-40,44-46,57,60-61,66H,16,21-22,27-34,41-43H2,1-11H3,(H,74,82)(H,75,81)(H,76,87)/t45-,60-,61-,66-/m0/s1. The van der Waals surface area contributed by atoms with E-state index in [1.165, 1.54) is 24.0 Å². The van der Waals surface area contributed by atoms with E-state index in [0.29, 0.717) is 71.7 Å². The van der Waals surface area contributed by atoms with Gasteiger partial charge in [0.1, 0.15) is 44.2 Å². The molecule has 5 aromatic carbocycles.